The van der Waals surface area contributed by atoms with Crippen LogP contribution in [0.15, 0.2) is 29.2 Å². The Morgan fingerprint density at radius 3 is 1.81 bits per heavy atom. The Hall–Kier alpha value is -0.910. The summed E-state index contributed by atoms with van der Waals surface area (Å²) in [4.78, 5) is 2.85. The molecule has 1 unspecified atom stereocenters. The predicted molar refractivity (Wildman–Crippen MR) is 158 cm³/mol. The van der Waals surface area contributed by atoms with Crippen LogP contribution in [0.5, 0.6) is 0 Å². The minimum absolute atomic E-state index is 0.256. The van der Waals surface area contributed by atoms with Crippen LogP contribution in [-0.4, -0.2) is 39.1 Å². The lowest BCUT2D eigenvalue weighted by molar-refractivity contribution is 0.122. The molecule has 0 N–H and O–H groups in total. The Morgan fingerprint density at radius 1 is 0.757 bits per heavy atom. The highest BCUT2D eigenvalue weighted by Gasteiger charge is 2.23. The minimum atomic E-state index is -3.66. The molecule has 0 amide bonds. The average Bonchev–Trinajstić information content (AvgIpc) is 2.89. The van der Waals surface area contributed by atoms with Crippen LogP contribution >= 0.6 is 0 Å². The third kappa shape index (κ3) is 14.7. The smallest absolute Gasteiger partial charge is 0.296 e. The maximum atomic E-state index is 12.5. The Labute approximate surface area is 230 Å². The van der Waals surface area contributed by atoms with Crippen molar-refractivity contribution < 1.29 is 12.6 Å². The number of nitrogens with zero attached hydrogens (tertiary/aromatic N) is 1. The summed E-state index contributed by atoms with van der Waals surface area (Å²) in [6.07, 6.45) is 26.9. The summed E-state index contributed by atoms with van der Waals surface area (Å²) in [7, 11) is -3.66. The Bertz CT molecular complexity index is 778. The molecule has 1 aliphatic rings. The van der Waals surface area contributed by atoms with Crippen molar-refractivity contribution in [3.63, 3.8) is 0 Å². The largest absolute Gasteiger partial charge is 0.300 e. The van der Waals surface area contributed by atoms with Crippen molar-refractivity contribution in [2.24, 2.45) is 0 Å². The first-order valence-corrected chi connectivity index (χ1v) is 17.1. The first-order valence-electron chi connectivity index (χ1n) is 15.7. The highest BCUT2D eigenvalue weighted by Crippen LogP contribution is 2.22. The van der Waals surface area contributed by atoms with Crippen molar-refractivity contribution in [3.8, 4) is 0 Å². The molecule has 1 atom stereocenters. The molecular weight excluding hydrogens is 478 g/mol. The van der Waals surface area contributed by atoms with Crippen molar-refractivity contribution in [2.45, 2.75) is 153 Å². The molecule has 0 spiro atoms. The van der Waals surface area contributed by atoms with Gasteiger partial charge in [-0.2, -0.15) is 8.42 Å². The van der Waals surface area contributed by atoms with Crippen molar-refractivity contribution in [2.75, 3.05) is 19.7 Å². The average molecular weight is 536 g/mol. The van der Waals surface area contributed by atoms with E-state index in [4.69, 9.17) is 4.18 Å². The van der Waals surface area contributed by atoms with Gasteiger partial charge in [0.1, 0.15) is 0 Å². The van der Waals surface area contributed by atoms with E-state index in [2.05, 4.69) is 11.8 Å². The summed E-state index contributed by atoms with van der Waals surface area (Å²) in [5.41, 5.74) is 1.05. The Balaban J connectivity index is 1.46. The maximum Gasteiger partial charge on any atom is 0.296 e. The first kappa shape index (κ1) is 32.3. The molecule has 1 aliphatic heterocycles. The van der Waals surface area contributed by atoms with E-state index in [1.807, 2.05) is 19.1 Å². The summed E-state index contributed by atoms with van der Waals surface area (Å²) in [5, 5.41) is 0. The highest BCUT2D eigenvalue weighted by molar-refractivity contribution is 7.86. The van der Waals surface area contributed by atoms with Gasteiger partial charge in [0.15, 0.2) is 0 Å². The lowest BCUT2D eigenvalue weighted by atomic mass is 9.99. The molecule has 214 valence electrons. The van der Waals surface area contributed by atoms with Crippen LogP contribution in [0.2, 0.25) is 0 Å². The van der Waals surface area contributed by atoms with Gasteiger partial charge in [-0.3, -0.25) is 4.18 Å². The normalized spacial score (nSPS) is 16.9. The molecule has 1 aromatic rings. The number of rotatable bonds is 22. The molecule has 0 saturated carbocycles. The predicted octanol–water partition coefficient (Wildman–Crippen LogP) is 9.21. The zero-order chi connectivity index (χ0) is 26.6. The summed E-state index contributed by atoms with van der Waals surface area (Å²) >= 11 is 0. The molecule has 1 heterocycles. The molecule has 37 heavy (non-hydrogen) atoms. The number of benzene rings is 1. The summed E-state index contributed by atoms with van der Waals surface area (Å²) in [6, 6.07) is 7.36. The van der Waals surface area contributed by atoms with Crippen molar-refractivity contribution in [3.05, 3.63) is 29.8 Å². The highest BCUT2D eigenvalue weighted by atomic mass is 32.2. The topological polar surface area (TPSA) is 46.6 Å². The maximum absolute atomic E-state index is 12.5. The quantitative estimate of drug-likeness (QED) is 0.110. The van der Waals surface area contributed by atoms with Crippen molar-refractivity contribution in [1.29, 1.82) is 0 Å². The molecular formula is C32H57NO3S. The SMILES string of the molecule is CCCCCCCCCCCCCCCCCCN1CCCCC1CCOS(=O)(=O)c1ccc(C)cc1. The van der Waals surface area contributed by atoms with Crippen LogP contribution in [0.1, 0.15) is 141 Å². The fourth-order valence-corrected chi connectivity index (χ4v) is 6.53. The van der Waals surface area contributed by atoms with E-state index in [1.165, 1.54) is 116 Å². The van der Waals surface area contributed by atoms with Gasteiger partial charge in [-0.25, -0.2) is 0 Å². The number of hydrogen-bond donors (Lipinski definition) is 0. The van der Waals surface area contributed by atoms with Crippen LogP contribution in [0.25, 0.3) is 0 Å². The van der Waals surface area contributed by atoms with E-state index >= 15 is 0 Å². The van der Waals surface area contributed by atoms with Crippen LogP contribution in [0, 0.1) is 6.92 Å². The van der Waals surface area contributed by atoms with Gasteiger partial charge < -0.3 is 4.90 Å². The van der Waals surface area contributed by atoms with E-state index in [0.717, 1.165) is 31.5 Å². The lowest BCUT2D eigenvalue weighted by Crippen LogP contribution is -2.40. The molecule has 1 saturated heterocycles. The molecule has 1 aromatic carbocycles. The van der Waals surface area contributed by atoms with E-state index in [0.29, 0.717) is 6.04 Å². The third-order valence-electron chi connectivity index (χ3n) is 8.05. The van der Waals surface area contributed by atoms with Crippen LogP contribution in [-0.2, 0) is 14.3 Å². The van der Waals surface area contributed by atoms with Gasteiger partial charge in [-0.05, 0) is 57.8 Å². The van der Waals surface area contributed by atoms with Gasteiger partial charge in [0.05, 0.1) is 11.5 Å². The number of hydrogen-bond acceptors (Lipinski definition) is 4. The van der Waals surface area contributed by atoms with E-state index in [9.17, 15) is 8.42 Å². The Kier molecular flexibility index (Phi) is 17.5. The summed E-state index contributed by atoms with van der Waals surface area (Å²) < 4.78 is 30.3. The molecule has 4 nitrogen and oxygen atoms in total. The van der Waals surface area contributed by atoms with E-state index in [-0.39, 0.29) is 11.5 Å². The molecule has 1 fully saturated rings. The monoisotopic (exact) mass is 535 g/mol. The van der Waals surface area contributed by atoms with Gasteiger partial charge in [-0.1, -0.05) is 127 Å². The molecule has 0 bridgehead atoms. The first-order chi connectivity index (χ1) is 18.0. The lowest BCUT2D eigenvalue weighted by Gasteiger charge is -2.35. The summed E-state index contributed by atoms with van der Waals surface area (Å²) in [5.74, 6) is 0. The zero-order valence-corrected chi connectivity index (χ0v) is 25.0. The van der Waals surface area contributed by atoms with Crippen molar-refractivity contribution in [1.82, 2.24) is 4.90 Å². The molecule has 0 radical (unpaired) electrons. The second-order valence-corrected chi connectivity index (χ2v) is 13.0. The third-order valence-corrected chi connectivity index (χ3v) is 9.37. The Morgan fingerprint density at radius 2 is 1.27 bits per heavy atom. The van der Waals surface area contributed by atoms with Gasteiger partial charge >= 0.3 is 0 Å². The van der Waals surface area contributed by atoms with E-state index < -0.39 is 10.1 Å². The van der Waals surface area contributed by atoms with Gasteiger partial charge in [0.25, 0.3) is 10.1 Å². The number of likely N-dealkylation sites (tertiary alicyclic amines) is 1. The molecule has 0 aliphatic carbocycles. The molecule has 2 rings (SSSR count). The van der Waals surface area contributed by atoms with Gasteiger partial charge in [0, 0.05) is 6.04 Å². The fraction of sp³-hybridized carbons (Fsp3) is 0.812. The van der Waals surface area contributed by atoms with Crippen molar-refractivity contribution >= 4 is 10.1 Å². The molecule has 5 heteroatoms. The van der Waals surface area contributed by atoms with Crippen LogP contribution in [0.4, 0.5) is 0 Å². The number of piperidine rings is 1. The zero-order valence-electron chi connectivity index (χ0n) is 24.2. The van der Waals surface area contributed by atoms with Crippen LogP contribution < -0.4 is 0 Å². The number of unbranched alkanes of at least 4 members (excludes halogenated alkanes) is 15. The number of aryl methyl sites for hydroxylation is 1. The second-order valence-electron chi connectivity index (χ2n) is 11.4. The fourth-order valence-electron chi connectivity index (χ4n) is 5.61. The van der Waals surface area contributed by atoms with Gasteiger partial charge in [0.2, 0.25) is 0 Å². The van der Waals surface area contributed by atoms with Crippen LogP contribution in [0.3, 0.4) is 0 Å². The van der Waals surface area contributed by atoms with E-state index in [1.54, 1.807) is 12.1 Å². The standard InChI is InChI=1S/C32H57NO3S/c1-3-4-5-6-7-8-9-10-11-12-13-14-15-16-17-19-27-33-28-20-18-21-31(33)26-29-36-37(34,35)32-24-22-30(2)23-25-32/h22-25,31H,3-21,26-29H2,1-2H3. The summed E-state index contributed by atoms with van der Waals surface area (Å²) in [6.45, 7) is 6.81. The minimum Gasteiger partial charge on any atom is -0.300 e. The second kappa shape index (κ2) is 20.1. The molecule has 0 aromatic heterocycles. The van der Waals surface area contributed by atoms with Gasteiger partial charge in [-0.15, -0.1) is 0 Å².